The molecule has 1 aromatic rings. The Balaban J connectivity index is 2.43. The van der Waals surface area contributed by atoms with Crippen LogP contribution in [0.5, 0.6) is 0 Å². The standard InChI is InChI=1S/C11H13NO2/c12-10-5-4-7(6-11(13)14)8-2-1-3-9(8)10/h4-5H,1-3,6,12H2,(H,13,14). The van der Waals surface area contributed by atoms with Crippen molar-refractivity contribution in [2.45, 2.75) is 25.7 Å². The summed E-state index contributed by atoms with van der Waals surface area (Å²) in [7, 11) is 0. The number of hydrogen-bond donors (Lipinski definition) is 2. The molecule has 0 radical (unpaired) electrons. The Morgan fingerprint density at radius 2 is 2.07 bits per heavy atom. The van der Waals surface area contributed by atoms with Gasteiger partial charge in [-0.2, -0.15) is 0 Å². The molecule has 1 aliphatic rings. The molecule has 0 aromatic heterocycles. The molecule has 1 aliphatic carbocycles. The molecule has 0 saturated heterocycles. The molecular formula is C11H13NO2. The molecule has 3 nitrogen and oxygen atoms in total. The van der Waals surface area contributed by atoms with Gasteiger partial charge in [0.15, 0.2) is 0 Å². The second-order valence-electron chi connectivity index (χ2n) is 3.70. The first kappa shape index (κ1) is 9.06. The minimum absolute atomic E-state index is 0.114. The summed E-state index contributed by atoms with van der Waals surface area (Å²) in [6.45, 7) is 0. The number of hydrogen-bond acceptors (Lipinski definition) is 2. The molecule has 0 atom stereocenters. The fourth-order valence-corrected chi connectivity index (χ4v) is 2.14. The maximum Gasteiger partial charge on any atom is 0.307 e. The Hall–Kier alpha value is -1.51. The molecule has 0 aliphatic heterocycles. The summed E-state index contributed by atoms with van der Waals surface area (Å²) < 4.78 is 0. The van der Waals surface area contributed by atoms with E-state index in [4.69, 9.17) is 10.8 Å². The van der Waals surface area contributed by atoms with Crippen LogP contribution in [0.3, 0.4) is 0 Å². The lowest BCUT2D eigenvalue weighted by Crippen LogP contribution is -2.04. The van der Waals surface area contributed by atoms with Crippen molar-refractivity contribution < 1.29 is 9.90 Å². The monoisotopic (exact) mass is 191 g/mol. The van der Waals surface area contributed by atoms with Gasteiger partial charge in [0, 0.05) is 5.69 Å². The average molecular weight is 191 g/mol. The lowest BCUT2D eigenvalue weighted by molar-refractivity contribution is -0.136. The highest BCUT2D eigenvalue weighted by Gasteiger charge is 2.18. The van der Waals surface area contributed by atoms with Crippen LogP contribution in [0.4, 0.5) is 5.69 Å². The van der Waals surface area contributed by atoms with E-state index in [0.717, 1.165) is 30.5 Å². The van der Waals surface area contributed by atoms with Crippen LogP contribution in [0, 0.1) is 0 Å². The van der Waals surface area contributed by atoms with Gasteiger partial charge in [0.05, 0.1) is 6.42 Å². The van der Waals surface area contributed by atoms with Crippen molar-refractivity contribution in [2.75, 3.05) is 5.73 Å². The van der Waals surface area contributed by atoms with Gasteiger partial charge >= 0.3 is 5.97 Å². The molecule has 3 N–H and O–H groups in total. The molecular weight excluding hydrogens is 178 g/mol. The number of carboxylic acids is 1. The number of nitrogen functional groups attached to an aromatic ring is 1. The van der Waals surface area contributed by atoms with Crippen molar-refractivity contribution in [3.8, 4) is 0 Å². The number of anilines is 1. The summed E-state index contributed by atoms with van der Waals surface area (Å²) in [6, 6.07) is 3.66. The normalized spacial score (nSPS) is 14.0. The number of aliphatic carboxylic acids is 1. The van der Waals surface area contributed by atoms with Crippen molar-refractivity contribution in [1.29, 1.82) is 0 Å². The van der Waals surface area contributed by atoms with Crippen molar-refractivity contribution in [2.24, 2.45) is 0 Å². The number of rotatable bonds is 2. The van der Waals surface area contributed by atoms with Crippen LogP contribution in [0.15, 0.2) is 12.1 Å². The predicted octanol–water partition coefficient (Wildman–Crippen LogP) is 1.38. The van der Waals surface area contributed by atoms with E-state index in [-0.39, 0.29) is 6.42 Å². The first-order chi connectivity index (χ1) is 6.68. The number of nitrogens with two attached hydrogens (primary N) is 1. The summed E-state index contributed by atoms with van der Waals surface area (Å²) in [5.41, 5.74) is 9.91. The molecule has 0 saturated carbocycles. The van der Waals surface area contributed by atoms with Crippen LogP contribution in [0.25, 0.3) is 0 Å². The Kier molecular flexibility index (Phi) is 2.15. The van der Waals surface area contributed by atoms with Crippen molar-refractivity contribution in [3.05, 3.63) is 28.8 Å². The minimum atomic E-state index is -0.774. The zero-order valence-electron chi connectivity index (χ0n) is 7.92. The third-order valence-electron chi connectivity index (χ3n) is 2.76. The fraction of sp³-hybridized carbons (Fsp3) is 0.364. The van der Waals surface area contributed by atoms with Gasteiger partial charge in [-0.05, 0) is 42.0 Å². The summed E-state index contributed by atoms with van der Waals surface area (Å²) in [6.07, 6.45) is 3.18. The van der Waals surface area contributed by atoms with Gasteiger partial charge in [0.2, 0.25) is 0 Å². The fourth-order valence-electron chi connectivity index (χ4n) is 2.14. The highest BCUT2D eigenvalue weighted by atomic mass is 16.4. The third kappa shape index (κ3) is 1.45. The third-order valence-corrected chi connectivity index (χ3v) is 2.76. The summed E-state index contributed by atoms with van der Waals surface area (Å²) >= 11 is 0. The predicted molar refractivity (Wildman–Crippen MR) is 54.2 cm³/mol. The van der Waals surface area contributed by atoms with Gasteiger partial charge in [-0.15, -0.1) is 0 Å². The number of carboxylic acid groups (broad SMARTS) is 1. The number of carbonyl (C=O) groups is 1. The lowest BCUT2D eigenvalue weighted by atomic mass is 9.99. The van der Waals surface area contributed by atoms with E-state index < -0.39 is 5.97 Å². The molecule has 3 heteroatoms. The van der Waals surface area contributed by atoms with Crippen LogP contribution < -0.4 is 5.73 Å². The molecule has 0 bridgehead atoms. The van der Waals surface area contributed by atoms with E-state index in [1.54, 1.807) is 0 Å². The molecule has 14 heavy (non-hydrogen) atoms. The average Bonchev–Trinajstić information content (AvgIpc) is 2.58. The molecule has 0 fully saturated rings. The molecule has 74 valence electrons. The van der Waals surface area contributed by atoms with E-state index in [0.29, 0.717) is 0 Å². The van der Waals surface area contributed by atoms with Crippen LogP contribution in [-0.2, 0) is 24.1 Å². The summed E-state index contributed by atoms with van der Waals surface area (Å²) in [5.74, 6) is -0.774. The maximum atomic E-state index is 10.6. The van der Waals surface area contributed by atoms with Crippen LogP contribution in [0.2, 0.25) is 0 Å². The minimum Gasteiger partial charge on any atom is -0.481 e. The maximum absolute atomic E-state index is 10.6. The highest BCUT2D eigenvalue weighted by molar-refractivity contribution is 5.72. The lowest BCUT2D eigenvalue weighted by Gasteiger charge is -2.08. The van der Waals surface area contributed by atoms with Crippen molar-refractivity contribution in [3.63, 3.8) is 0 Å². The topological polar surface area (TPSA) is 63.3 Å². The van der Waals surface area contributed by atoms with Gasteiger partial charge in [-0.3, -0.25) is 4.79 Å². The summed E-state index contributed by atoms with van der Waals surface area (Å²) in [5, 5.41) is 8.74. The smallest absolute Gasteiger partial charge is 0.307 e. The number of fused-ring (bicyclic) bond motifs is 1. The van der Waals surface area contributed by atoms with E-state index in [9.17, 15) is 4.79 Å². The first-order valence-electron chi connectivity index (χ1n) is 4.79. The quantitative estimate of drug-likeness (QED) is 0.694. The van der Waals surface area contributed by atoms with Gasteiger partial charge in [-0.1, -0.05) is 6.07 Å². The number of benzene rings is 1. The Bertz CT molecular complexity index is 385. The molecule has 0 amide bonds. The zero-order valence-corrected chi connectivity index (χ0v) is 7.92. The van der Waals surface area contributed by atoms with E-state index in [1.807, 2.05) is 12.1 Å². The van der Waals surface area contributed by atoms with Gasteiger partial charge in [-0.25, -0.2) is 0 Å². The molecule has 1 aromatic carbocycles. The van der Waals surface area contributed by atoms with Gasteiger partial charge < -0.3 is 10.8 Å². The Labute approximate surface area is 82.5 Å². The largest absolute Gasteiger partial charge is 0.481 e. The summed E-state index contributed by atoms with van der Waals surface area (Å²) in [4.78, 5) is 10.6. The highest BCUT2D eigenvalue weighted by Crippen LogP contribution is 2.30. The van der Waals surface area contributed by atoms with E-state index in [1.165, 1.54) is 11.1 Å². The first-order valence-corrected chi connectivity index (χ1v) is 4.79. The van der Waals surface area contributed by atoms with Gasteiger partial charge in [0.1, 0.15) is 0 Å². The van der Waals surface area contributed by atoms with Crippen molar-refractivity contribution in [1.82, 2.24) is 0 Å². The molecule has 2 rings (SSSR count). The second-order valence-corrected chi connectivity index (χ2v) is 3.70. The zero-order chi connectivity index (χ0) is 10.1. The molecule has 0 unspecified atom stereocenters. The van der Waals surface area contributed by atoms with Crippen LogP contribution in [-0.4, -0.2) is 11.1 Å². The molecule has 0 heterocycles. The van der Waals surface area contributed by atoms with Crippen LogP contribution in [0.1, 0.15) is 23.1 Å². The SMILES string of the molecule is Nc1ccc(CC(=O)O)c2c1CCC2. The Morgan fingerprint density at radius 3 is 2.79 bits per heavy atom. The van der Waals surface area contributed by atoms with Gasteiger partial charge in [0.25, 0.3) is 0 Å². The van der Waals surface area contributed by atoms with Crippen molar-refractivity contribution >= 4 is 11.7 Å². The van der Waals surface area contributed by atoms with E-state index >= 15 is 0 Å². The van der Waals surface area contributed by atoms with E-state index in [2.05, 4.69) is 0 Å². The second kappa shape index (κ2) is 3.33. The Morgan fingerprint density at radius 1 is 1.36 bits per heavy atom. The molecule has 0 spiro atoms. The van der Waals surface area contributed by atoms with Crippen LogP contribution >= 0.6 is 0 Å².